The number of carbonyl (C=O) groups is 2. The summed E-state index contributed by atoms with van der Waals surface area (Å²) in [5.74, 6) is 0.261. The number of halogens is 3. The van der Waals surface area contributed by atoms with Gasteiger partial charge in [-0.3, -0.25) is 18.7 Å². The van der Waals surface area contributed by atoms with Crippen LogP contribution in [0.3, 0.4) is 0 Å². The second-order valence-electron chi connectivity index (χ2n) is 11.9. The molecule has 6 rings (SSSR count). The van der Waals surface area contributed by atoms with Gasteiger partial charge in [-0.2, -0.15) is 8.42 Å². The van der Waals surface area contributed by atoms with E-state index in [-0.39, 0.29) is 11.8 Å². The molecule has 47 heavy (non-hydrogen) atoms. The van der Waals surface area contributed by atoms with Gasteiger partial charge in [-0.05, 0) is 131 Å². The van der Waals surface area contributed by atoms with Gasteiger partial charge in [-0.15, -0.1) is 0 Å². The van der Waals surface area contributed by atoms with Gasteiger partial charge >= 0.3 is 10.4 Å². The summed E-state index contributed by atoms with van der Waals surface area (Å²) in [6.07, 6.45) is 6.64. The molecule has 2 amide bonds. The zero-order chi connectivity index (χ0) is 35.1. The first-order valence-electron chi connectivity index (χ1n) is 15.4. The Labute approximate surface area is 303 Å². The average molecular weight is 861 g/mol. The van der Waals surface area contributed by atoms with Gasteiger partial charge in [-0.1, -0.05) is 47.8 Å². The van der Waals surface area contributed by atoms with Crippen molar-refractivity contribution in [1.29, 1.82) is 0 Å². The SMILES string of the molecule is CC(=O)N1c2ccc(Br)cc2CC[C@@H]1C.CC(=O)N1c2ccc(Br)cc2CC[C@@H]1C.C[C@H]1CCc2cc(Br)ccc2N1.O=S(=O)(O)O. The summed E-state index contributed by atoms with van der Waals surface area (Å²) in [6.45, 7) is 9.70. The zero-order valence-corrected chi connectivity index (χ0v) is 32.7. The fourth-order valence-corrected chi connectivity index (χ4v) is 7.25. The Morgan fingerprint density at radius 1 is 0.681 bits per heavy atom. The van der Waals surface area contributed by atoms with E-state index < -0.39 is 10.4 Å². The minimum absolute atomic E-state index is 0.130. The van der Waals surface area contributed by atoms with Crippen molar-refractivity contribution in [3.8, 4) is 0 Å². The highest BCUT2D eigenvalue weighted by molar-refractivity contribution is 9.11. The Hall–Kier alpha value is -2.29. The summed E-state index contributed by atoms with van der Waals surface area (Å²) in [6, 6.07) is 19.9. The maximum absolute atomic E-state index is 11.6. The van der Waals surface area contributed by atoms with Crippen LogP contribution in [0.5, 0.6) is 0 Å². The molecule has 3 aromatic carbocycles. The van der Waals surface area contributed by atoms with Crippen molar-refractivity contribution in [2.75, 3.05) is 15.1 Å². The summed E-state index contributed by atoms with van der Waals surface area (Å²) in [5.41, 5.74) is 7.41. The third kappa shape index (κ3) is 12.0. The topological polar surface area (TPSA) is 127 Å². The van der Waals surface area contributed by atoms with Gasteiger partial charge in [-0.25, -0.2) is 0 Å². The molecule has 13 heteroatoms. The van der Waals surface area contributed by atoms with Crippen LogP contribution in [0.1, 0.15) is 70.6 Å². The van der Waals surface area contributed by atoms with Crippen LogP contribution in [-0.4, -0.2) is 47.5 Å². The third-order valence-corrected chi connectivity index (χ3v) is 9.62. The number of hydrogen-bond donors (Lipinski definition) is 3. The smallest absolute Gasteiger partial charge is 0.382 e. The Morgan fingerprint density at radius 2 is 1.04 bits per heavy atom. The minimum Gasteiger partial charge on any atom is -0.382 e. The van der Waals surface area contributed by atoms with Gasteiger partial charge in [0.1, 0.15) is 0 Å². The Kier molecular flexibility index (Phi) is 14.5. The average Bonchev–Trinajstić information content (AvgIpc) is 2.97. The lowest BCUT2D eigenvalue weighted by Gasteiger charge is -2.34. The van der Waals surface area contributed by atoms with Crippen molar-refractivity contribution in [3.63, 3.8) is 0 Å². The van der Waals surface area contributed by atoms with E-state index in [9.17, 15) is 9.59 Å². The molecule has 3 aliphatic rings. The number of amides is 2. The van der Waals surface area contributed by atoms with Crippen molar-refractivity contribution in [2.45, 2.75) is 91.3 Å². The molecule has 3 heterocycles. The van der Waals surface area contributed by atoms with Crippen LogP contribution in [0, 0.1) is 0 Å². The predicted molar refractivity (Wildman–Crippen MR) is 200 cm³/mol. The number of nitrogens with one attached hydrogen (secondary N) is 1. The summed E-state index contributed by atoms with van der Waals surface area (Å²) < 4.78 is 34.9. The molecule has 0 unspecified atom stereocenters. The second-order valence-corrected chi connectivity index (χ2v) is 15.6. The first kappa shape index (κ1) is 39.2. The van der Waals surface area contributed by atoms with Crippen molar-refractivity contribution < 1.29 is 27.1 Å². The largest absolute Gasteiger partial charge is 0.394 e. The highest BCUT2D eigenvalue weighted by atomic mass is 79.9. The molecule has 0 saturated carbocycles. The van der Waals surface area contributed by atoms with Gasteiger partial charge in [0.05, 0.1) is 0 Å². The van der Waals surface area contributed by atoms with Crippen molar-refractivity contribution in [1.82, 2.24) is 0 Å². The van der Waals surface area contributed by atoms with E-state index in [1.807, 2.05) is 34.1 Å². The Morgan fingerprint density at radius 3 is 1.45 bits per heavy atom. The molecule has 0 aromatic heterocycles. The van der Waals surface area contributed by atoms with Gasteiger partial charge in [0, 0.05) is 62.5 Å². The number of benzene rings is 3. The van der Waals surface area contributed by atoms with Crippen LogP contribution in [0.2, 0.25) is 0 Å². The molecule has 0 radical (unpaired) electrons. The van der Waals surface area contributed by atoms with Crippen LogP contribution in [0.15, 0.2) is 68.0 Å². The van der Waals surface area contributed by atoms with E-state index in [0.717, 1.165) is 46.0 Å². The van der Waals surface area contributed by atoms with E-state index in [1.165, 1.54) is 39.7 Å². The second kappa shape index (κ2) is 17.4. The lowest BCUT2D eigenvalue weighted by atomic mass is 9.97. The van der Waals surface area contributed by atoms with Crippen molar-refractivity contribution in [2.24, 2.45) is 0 Å². The molecular weight excluding hydrogens is 818 g/mol. The number of fused-ring (bicyclic) bond motifs is 3. The molecule has 0 bridgehead atoms. The summed E-state index contributed by atoms with van der Waals surface area (Å²) in [5, 5.41) is 3.47. The highest BCUT2D eigenvalue weighted by Crippen LogP contribution is 2.34. The lowest BCUT2D eigenvalue weighted by Crippen LogP contribution is -2.40. The fourth-order valence-electron chi connectivity index (χ4n) is 6.02. The van der Waals surface area contributed by atoms with E-state index in [1.54, 1.807) is 13.8 Å². The highest BCUT2D eigenvalue weighted by Gasteiger charge is 2.27. The predicted octanol–water partition coefficient (Wildman–Crippen LogP) is 8.82. The van der Waals surface area contributed by atoms with Crippen molar-refractivity contribution in [3.05, 3.63) is 84.7 Å². The minimum atomic E-state index is -4.67. The molecule has 0 saturated heterocycles. The maximum Gasteiger partial charge on any atom is 0.394 e. The lowest BCUT2D eigenvalue weighted by molar-refractivity contribution is -0.117. The molecule has 0 aliphatic carbocycles. The molecule has 3 atom stereocenters. The van der Waals surface area contributed by atoms with Crippen LogP contribution in [0.4, 0.5) is 17.1 Å². The van der Waals surface area contributed by atoms with Gasteiger partial charge in [0.25, 0.3) is 0 Å². The molecule has 256 valence electrons. The number of aryl methyl sites for hydroxylation is 3. The van der Waals surface area contributed by atoms with Crippen LogP contribution in [0.25, 0.3) is 0 Å². The Bertz CT molecular complexity index is 1600. The first-order chi connectivity index (χ1) is 21.9. The number of anilines is 3. The quantitative estimate of drug-likeness (QED) is 0.193. The van der Waals surface area contributed by atoms with E-state index in [4.69, 9.17) is 17.5 Å². The van der Waals surface area contributed by atoms with E-state index >= 15 is 0 Å². The van der Waals surface area contributed by atoms with Gasteiger partial charge in [0.2, 0.25) is 11.8 Å². The molecule has 3 aliphatic heterocycles. The van der Waals surface area contributed by atoms with E-state index in [2.05, 4.69) is 104 Å². The molecular formula is C34H42Br3N3O6S. The van der Waals surface area contributed by atoms with Gasteiger partial charge in [0.15, 0.2) is 0 Å². The summed E-state index contributed by atoms with van der Waals surface area (Å²) in [7, 11) is -4.67. The molecule has 9 nitrogen and oxygen atoms in total. The third-order valence-electron chi connectivity index (χ3n) is 8.14. The maximum atomic E-state index is 11.6. The van der Waals surface area contributed by atoms with Gasteiger partial charge < -0.3 is 15.1 Å². The summed E-state index contributed by atoms with van der Waals surface area (Å²) >= 11 is 10.4. The van der Waals surface area contributed by atoms with Crippen LogP contribution in [-0.2, 0) is 39.3 Å². The van der Waals surface area contributed by atoms with Crippen LogP contribution >= 0.6 is 47.8 Å². The molecule has 0 fully saturated rings. The number of hydrogen-bond acceptors (Lipinski definition) is 5. The van der Waals surface area contributed by atoms with Crippen molar-refractivity contribution >= 4 is 87.1 Å². The monoisotopic (exact) mass is 857 g/mol. The molecule has 3 aromatic rings. The normalized spacial score (nSPS) is 19.4. The fraction of sp³-hybridized carbons (Fsp3) is 0.412. The molecule has 3 N–H and O–H groups in total. The molecule has 0 spiro atoms. The van der Waals surface area contributed by atoms with E-state index in [0.29, 0.717) is 18.1 Å². The number of nitrogens with zero attached hydrogens (tertiary/aromatic N) is 2. The zero-order valence-electron chi connectivity index (χ0n) is 27.1. The summed E-state index contributed by atoms with van der Waals surface area (Å²) in [4.78, 5) is 26.9. The van der Waals surface area contributed by atoms with Crippen LogP contribution < -0.4 is 15.1 Å². The standard InChI is InChI=1S/2C12H14BrNO.C10H12BrN.H2O4S/c2*1-8-3-4-10-7-11(13)5-6-12(10)14(8)9(2)15;1-7-2-3-8-6-9(11)4-5-10(8)12-7;1-5(2,3)4/h2*5-8H,3-4H2,1-2H3;4-7,12H,2-3H2,1H3;(H2,1,2,3,4)/t2*8-;7-;/m000./s1. The number of carbonyl (C=O) groups excluding carboxylic acids is 2. The number of rotatable bonds is 0. The Balaban J connectivity index is 0.000000180. The first-order valence-corrected chi connectivity index (χ1v) is 19.1.